The Morgan fingerprint density at radius 3 is 1.86 bits per heavy atom. The molecule has 7 heavy (non-hydrogen) atoms. The van der Waals surface area contributed by atoms with Crippen molar-refractivity contribution in [3.8, 4) is 0 Å². The van der Waals surface area contributed by atoms with Gasteiger partial charge in [0.25, 0.3) is 0 Å². The van der Waals surface area contributed by atoms with Gasteiger partial charge in [-0.15, -0.1) is 3.74 Å². The van der Waals surface area contributed by atoms with Gasteiger partial charge in [-0.1, -0.05) is 0 Å². The fourth-order valence-corrected chi connectivity index (χ4v) is 0. The molecular weight excluding hydrogens is 267 g/mol. The number of nitrogens with two attached hydrogens (primary N) is 1. The predicted octanol–water partition coefficient (Wildman–Crippen LogP) is -0.795. The van der Waals surface area contributed by atoms with Crippen molar-refractivity contribution < 1.29 is 15.0 Å². The SMILES string of the molecule is NS(=O)(=O)OCl.[Ba+2].[H-].[H-]. The van der Waals surface area contributed by atoms with Crippen LogP contribution in [0, 0.1) is 0 Å². The smallest absolute Gasteiger partial charge is 1.00 e. The van der Waals surface area contributed by atoms with Gasteiger partial charge in [-0.25, -0.2) is 5.14 Å². The predicted molar refractivity (Wildman–Crippen MR) is 28.0 cm³/mol. The molecule has 0 rings (SSSR count). The molecule has 0 unspecified atom stereocenters. The number of hydrogen-bond donors (Lipinski definition) is 1. The maximum atomic E-state index is 9.42. The zero-order valence-corrected chi connectivity index (χ0v) is 9.31. The summed E-state index contributed by atoms with van der Waals surface area (Å²) in [4.78, 5) is 0. The van der Waals surface area contributed by atoms with Gasteiger partial charge in [-0.3, -0.25) is 0 Å². The van der Waals surface area contributed by atoms with Gasteiger partial charge in [0.1, 0.15) is 0 Å². The molecule has 0 amide bonds. The first-order valence-electron chi connectivity index (χ1n) is 0.890. The topological polar surface area (TPSA) is 69.4 Å². The van der Waals surface area contributed by atoms with Gasteiger partial charge >= 0.3 is 59.2 Å². The molecule has 42 valence electrons. The number of rotatable bonds is 1. The van der Waals surface area contributed by atoms with Crippen molar-refractivity contribution >= 4 is 71.1 Å². The summed E-state index contributed by atoms with van der Waals surface area (Å²) in [6.45, 7) is 0. The molecule has 0 aliphatic heterocycles. The average Bonchev–Trinajstić information content (AvgIpc) is 1.35. The molecule has 0 aliphatic carbocycles. The maximum absolute atomic E-state index is 9.42. The van der Waals surface area contributed by atoms with Crippen molar-refractivity contribution in [3.05, 3.63) is 0 Å². The van der Waals surface area contributed by atoms with Crippen LogP contribution in [0.4, 0.5) is 0 Å². The third kappa shape index (κ3) is 11.3. The van der Waals surface area contributed by atoms with Crippen LogP contribution in [0.25, 0.3) is 0 Å². The Morgan fingerprint density at radius 2 is 1.86 bits per heavy atom. The fraction of sp³-hybridized carbons (Fsp3) is 0. The van der Waals surface area contributed by atoms with Crippen LogP contribution in [-0.4, -0.2) is 57.3 Å². The van der Waals surface area contributed by atoms with E-state index < -0.39 is 10.3 Å². The van der Waals surface area contributed by atoms with E-state index in [9.17, 15) is 8.42 Å². The van der Waals surface area contributed by atoms with Crippen LogP contribution < -0.4 is 5.14 Å². The minimum Gasteiger partial charge on any atom is -1.00 e. The third-order valence-electron chi connectivity index (χ3n) is 0.0878. The van der Waals surface area contributed by atoms with E-state index in [2.05, 4.69) is 20.7 Å². The van der Waals surface area contributed by atoms with Gasteiger partial charge in [-0.05, 0) is 0 Å². The van der Waals surface area contributed by atoms with Crippen LogP contribution in [0.3, 0.4) is 0 Å². The summed E-state index contributed by atoms with van der Waals surface area (Å²) in [6.07, 6.45) is 0. The second kappa shape index (κ2) is 4.60. The molecule has 0 aliphatic rings. The van der Waals surface area contributed by atoms with Crippen LogP contribution >= 0.6 is 11.9 Å². The molecule has 0 bridgehead atoms. The summed E-state index contributed by atoms with van der Waals surface area (Å²) in [7, 11) is -3.90. The van der Waals surface area contributed by atoms with Crippen LogP contribution in [0.1, 0.15) is 2.85 Å². The van der Waals surface area contributed by atoms with E-state index >= 15 is 0 Å². The summed E-state index contributed by atoms with van der Waals surface area (Å²) in [5.41, 5.74) is 0. The largest absolute Gasteiger partial charge is 2.00 e. The Hall–Kier alpha value is 1.73. The van der Waals surface area contributed by atoms with Crippen molar-refractivity contribution in [2.24, 2.45) is 5.14 Å². The Labute approximate surface area is 89.8 Å². The standard InChI is InChI=1S/Ba.ClH2NO3S.2H/c;1-5-6(2,3)4;;/h;(H2,2,3,4);;/q+2;;2*-1. The summed E-state index contributed by atoms with van der Waals surface area (Å²) in [5, 5.41) is 4.15. The number of hydrogen-bond acceptors (Lipinski definition) is 3. The monoisotopic (exact) mass is 271 g/mol. The normalized spacial score (nSPS) is 10.0. The maximum Gasteiger partial charge on any atom is 2.00 e. The first kappa shape index (κ1) is 11.5. The minimum atomic E-state index is -3.90. The molecule has 0 atom stereocenters. The zero-order chi connectivity index (χ0) is 5.21. The van der Waals surface area contributed by atoms with Gasteiger partial charge in [0, 0.05) is 0 Å². The summed E-state index contributed by atoms with van der Waals surface area (Å²) < 4.78 is 22.0. The van der Waals surface area contributed by atoms with Crippen molar-refractivity contribution in [2.75, 3.05) is 0 Å². The molecule has 4 nitrogen and oxygen atoms in total. The van der Waals surface area contributed by atoms with Crippen molar-refractivity contribution in [1.82, 2.24) is 0 Å². The van der Waals surface area contributed by atoms with Gasteiger partial charge in [0.15, 0.2) is 0 Å². The molecule has 2 N–H and O–H groups in total. The van der Waals surface area contributed by atoms with Gasteiger partial charge in [-0.2, -0.15) is 8.42 Å². The molecule has 0 aromatic carbocycles. The average molecular weight is 271 g/mol. The zero-order valence-electron chi connectivity index (χ0n) is 5.30. The van der Waals surface area contributed by atoms with Crippen molar-refractivity contribution in [3.63, 3.8) is 0 Å². The van der Waals surface area contributed by atoms with Crippen LogP contribution in [0.5, 0.6) is 0 Å². The molecule has 0 saturated heterocycles. The number of halogens is 1. The molecule has 7 heteroatoms. The van der Waals surface area contributed by atoms with Gasteiger partial charge in [0.05, 0.1) is 11.9 Å². The Morgan fingerprint density at radius 1 is 1.71 bits per heavy atom. The summed E-state index contributed by atoms with van der Waals surface area (Å²) in [5.74, 6) is 0. The molecule has 0 fully saturated rings. The molecule has 0 aromatic rings. The minimum absolute atomic E-state index is 0. The second-order valence-electron chi connectivity index (χ2n) is 0.556. The van der Waals surface area contributed by atoms with E-state index in [0.717, 1.165) is 0 Å². The quantitative estimate of drug-likeness (QED) is 0.635. The Bertz CT molecular complexity index is 124. The van der Waals surface area contributed by atoms with E-state index in [4.69, 9.17) is 0 Å². The molecular formula is H4BaClNO3S. The second-order valence-corrected chi connectivity index (χ2v) is 2.05. The van der Waals surface area contributed by atoms with E-state index in [1.807, 2.05) is 0 Å². The molecule has 0 aromatic heterocycles. The van der Waals surface area contributed by atoms with E-state index in [1.165, 1.54) is 0 Å². The van der Waals surface area contributed by atoms with Crippen LogP contribution in [0.15, 0.2) is 0 Å². The first-order chi connectivity index (χ1) is 2.56. The summed E-state index contributed by atoms with van der Waals surface area (Å²) in [6, 6.07) is 0. The Kier molecular flexibility index (Phi) is 7.56. The Balaban J connectivity index is -0.0000000417. The van der Waals surface area contributed by atoms with Crippen molar-refractivity contribution in [1.29, 1.82) is 0 Å². The third-order valence-corrected chi connectivity index (χ3v) is 0.790. The van der Waals surface area contributed by atoms with Crippen molar-refractivity contribution in [2.45, 2.75) is 0 Å². The molecule has 0 heterocycles. The summed E-state index contributed by atoms with van der Waals surface area (Å²) >= 11 is 4.26. The molecule has 0 radical (unpaired) electrons. The molecule has 0 saturated carbocycles. The molecule has 0 spiro atoms. The van der Waals surface area contributed by atoms with Gasteiger partial charge in [0.2, 0.25) is 0 Å². The van der Waals surface area contributed by atoms with E-state index in [0.29, 0.717) is 0 Å². The van der Waals surface area contributed by atoms with Crippen LogP contribution in [-0.2, 0) is 14.0 Å². The first-order valence-corrected chi connectivity index (χ1v) is 2.67. The van der Waals surface area contributed by atoms with Crippen LogP contribution in [0.2, 0.25) is 0 Å². The van der Waals surface area contributed by atoms with E-state index in [-0.39, 0.29) is 51.7 Å². The fourth-order valence-electron chi connectivity index (χ4n) is 0. The van der Waals surface area contributed by atoms with Gasteiger partial charge < -0.3 is 2.85 Å². The van der Waals surface area contributed by atoms with E-state index in [1.54, 1.807) is 0 Å².